The molecule has 0 radical (unpaired) electrons. The van der Waals surface area contributed by atoms with Gasteiger partial charge in [0.15, 0.2) is 0 Å². The van der Waals surface area contributed by atoms with Crippen LogP contribution in [0.3, 0.4) is 0 Å². The number of ether oxygens (including phenoxy) is 1. The maximum atomic E-state index is 12.4. The Labute approximate surface area is 143 Å². The Morgan fingerprint density at radius 1 is 1.33 bits per heavy atom. The minimum absolute atomic E-state index is 0.144. The highest BCUT2D eigenvalue weighted by Gasteiger charge is 2.23. The number of esters is 1. The summed E-state index contributed by atoms with van der Waals surface area (Å²) in [5.41, 5.74) is 0. The molecule has 2 rings (SSSR count). The monoisotopic (exact) mass is 336 g/mol. The summed E-state index contributed by atoms with van der Waals surface area (Å²) >= 11 is 0. The van der Waals surface area contributed by atoms with E-state index in [1.165, 1.54) is 0 Å². The average molecular weight is 336 g/mol. The van der Waals surface area contributed by atoms with E-state index in [4.69, 9.17) is 4.74 Å². The first-order chi connectivity index (χ1) is 11.5. The van der Waals surface area contributed by atoms with E-state index < -0.39 is 0 Å². The lowest BCUT2D eigenvalue weighted by atomic mass is 10.0. The Hall–Kier alpha value is -1.89. The number of imidazole rings is 1. The first kappa shape index (κ1) is 18.4. The third-order valence-electron chi connectivity index (χ3n) is 4.52. The van der Waals surface area contributed by atoms with Gasteiger partial charge in [0.05, 0.1) is 6.61 Å². The van der Waals surface area contributed by atoms with Gasteiger partial charge in [-0.3, -0.25) is 9.59 Å². The summed E-state index contributed by atoms with van der Waals surface area (Å²) in [5.74, 6) is 0.631. The summed E-state index contributed by atoms with van der Waals surface area (Å²) in [4.78, 5) is 32.4. The summed E-state index contributed by atoms with van der Waals surface area (Å²) in [6.07, 6.45) is 6.42. The van der Waals surface area contributed by atoms with Crippen molar-refractivity contribution in [3.05, 3.63) is 18.2 Å². The molecule has 24 heavy (non-hydrogen) atoms. The van der Waals surface area contributed by atoms with Gasteiger partial charge in [-0.2, -0.15) is 0 Å². The summed E-state index contributed by atoms with van der Waals surface area (Å²) in [5, 5.41) is 0. The molecule has 2 heterocycles. The molecule has 0 aliphatic carbocycles. The predicted octanol–water partition coefficient (Wildman–Crippen LogP) is 0.931. The van der Waals surface area contributed by atoms with Crippen LogP contribution in [0, 0.1) is 0 Å². The third-order valence-corrected chi connectivity index (χ3v) is 4.52. The Balaban J connectivity index is 1.80. The van der Waals surface area contributed by atoms with Crippen molar-refractivity contribution in [1.29, 1.82) is 0 Å². The molecule has 1 aliphatic rings. The number of nitrogens with zero attached hydrogens (tertiary/aromatic N) is 4. The quantitative estimate of drug-likeness (QED) is 0.693. The molecule has 1 aliphatic heterocycles. The summed E-state index contributed by atoms with van der Waals surface area (Å²) in [7, 11) is 4.18. The zero-order valence-electron chi connectivity index (χ0n) is 14.9. The first-order valence-corrected chi connectivity index (χ1v) is 8.61. The smallest absolute Gasteiger partial charge is 0.325 e. The lowest BCUT2D eigenvalue weighted by Gasteiger charge is -2.35. The summed E-state index contributed by atoms with van der Waals surface area (Å²) in [6.45, 7) is 3.93. The molecule has 0 saturated carbocycles. The minimum atomic E-state index is -0.283. The van der Waals surface area contributed by atoms with Gasteiger partial charge in [-0.1, -0.05) is 0 Å². The van der Waals surface area contributed by atoms with Crippen LogP contribution in [0.2, 0.25) is 0 Å². The van der Waals surface area contributed by atoms with Crippen molar-refractivity contribution in [2.45, 2.75) is 45.2 Å². The van der Waals surface area contributed by atoms with Crippen molar-refractivity contribution in [3.63, 3.8) is 0 Å². The molecule has 1 aromatic rings. The Bertz CT molecular complexity index is 548. The van der Waals surface area contributed by atoms with E-state index in [1.54, 1.807) is 23.9 Å². The number of aromatic nitrogens is 2. The van der Waals surface area contributed by atoms with Crippen LogP contribution in [-0.4, -0.2) is 71.1 Å². The molecule has 7 nitrogen and oxygen atoms in total. The molecule has 1 aromatic heterocycles. The van der Waals surface area contributed by atoms with Crippen LogP contribution in [0.15, 0.2) is 12.4 Å². The molecule has 0 aromatic carbocycles. The summed E-state index contributed by atoms with van der Waals surface area (Å²) in [6, 6.07) is 0.567. The van der Waals surface area contributed by atoms with E-state index in [0.29, 0.717) is 25.5 Å². The Morgan fingerprint density at radius 3 is 2.67 bits per heavy atom. The van der Waals surface area contributed by atoms with Gasteiger partial charge in [0.1, 0.15) is 12.4 Å². The second-order valence-corrected chi connectivity index (χ2v) is 6.35. The van der Waals surface area contributed by atoms with Gasteiger partial charge in [0, 0.05) is 44.4 Å². The molecular formula is C17H28N4O3. The van der Waals surface area contributed by atoms with Crippen LogP contribution in [0.1, 0.15) is 32.0 Å². The van der Waals surface area contributed by atoms with Crippen LogP contribution in [0.4, 0.5) is 0 Å². The lowest BCUT2D eigenvalue weighted by molar-refractivity contribution is -0.143. The zero-order valence-corrected chi connectivity index (χ0v) is 14.9. The number of aryl methyl sites for hydroxylation is 1. The number of carbonyl (C=O) groups excluding carboxylic acids is 2. The fraction of sp³-hybridized carbons (Fsp3) is 0.706. The van der Waals surface area contributed by atoms with E-state index in [2.05, 4.69) is 24.0 Å². The first-order valence-electron chi connectivity index (χ1n) is 8.61. The van der Waals surface area contributed by atoms with Gasteiger partial charge < -0.3 is 19.1 Å². The predicted molar refractivity (Wildman–Crippen MR) is 90.5 cm³/mol. The Morgan fingerprint density at radius 2 is 2.04 bits per heavy atom. The molecular weight excluding hydrogens is 308 g/mol. The molecule has 1 fully saturated rings. The van der Waals surface area contributed by atoms with Crippen molar-refractivity contribution < 1.29 is 14.3 Å². The van der Waals surface area contributed by atoms with Crippen LogP contribution in [0.25, 0.3) is 0 Å². The number of carbonyl (C=O) groups is 2. The number of rotatable bonds is 7. The fourth-order valence-corrected chi connectivity index (χ4v) is 3.07. The van der Waals surface area contributed by atoms with Gasteiger partial charge in [0.25, 0.3) is 0 Å². The highest BCUT2D eigenvalue weighted by molar-refractivity contribution is 5.76. The molecule has 1 amide bonds. The van der Waals surface area contributed by atoms with Crippen LogP contribution < -0.4 is 0 Å². The van der Waals surface area contributed by atoms with E-state index in [9.17, 15) is 9.59 Å². The number of amides is 1. The average Bonchev–Trinajstić information content (AvgIpc) is 3.00. The van der Waals surface area contributed by atoms with Crippen molar-refractivity contribution in [2.75, 3.05) is 33.8 Å². The molecule has 0 atom stereocenters. The van der Waals surface area contributed by atoms with Gasteiger partial charge in [-0.05, 0) is 33.9 Å². The van der Waals surface area contributed by atoms with E-state index in [1.807, 2.05) is 4.90 Å². The second kappa shape index (κ2) is 8.82. The molecule has 1 saturated heterocycles. The highest BCUT2D eigenvalue weighted by atomic mass is 16.5. The highest BCUT2D eigenvalue weighted by Crippen LogP contribution is 2.15. The van der Waals surface area contributed by atoms with Crippen LogP contribution in [-0.2, 0) is 27.3 Å². The molecule has 0 spiro atoms. The largest absolute Gasteiger partial charge is 0.465 e. The standard InChI is InChI=1S/C17H28N4O3/c1-4-24-17(23)13-21-12-9-18-15(21)5-6-16(22)20-10-7-14(8-11-20)19(2)3/h9,12,14H,4-8,10-11,13H2,1-3H3. The maximum absolute atomic E-state index is 12.4. The molecule has 0 N–H and O–H groups in total. The summed E-state index contributed by atoms with van der Waals surface area (Å²) < 4.78 is 6.71. The number of piperidine rings is 1. The Kier molecular flexibility index (Phi) is 6.78. The van der Waals surface area contributed by atoms with E-state index in [0.717, 1.165) is 31.8 Å². The van der Waals surface area contributed by atoms with Gasteiger partial charge in [-0.25, -0.2) is 4.98 Å². The third kappa shape index (κ3) is 5.06. The van der Waals surface area contributed by atoms with Gasteiger partial charge >= 0.3 is 5.97 Å². The van der Waals surface area contributed by atoms with Crippen molar-refractivity contribution in [1.82, 2.24) is 19.4 Å². The topological polar surface area (TPSA) is 67.7 Å². The SMILES string of the molecule is CCOC(=O)Cn1ccnc1CCC(=O)N1CCC(N(C)C)CC1. The maximum Gasteiger partial charge on any atom is 0.325 e. The second-order valence-electron chi connectivity index (χ2n) is 6.35. The number of hydrogen-bond acceptors (Lipinski definition) is 5. The van der Waals surface area contributed by atoms with Gasteiger partial charge in [0.2, 0.25) is 5.91 Å². The van der Waals surface area contributed by atoms with Gasteiger partial charge in [-0.15, -0.1) is 0 Å². The van der Waals surface area contributed by atoms with E-state index in [-0.39, 0.29) is 18.4 Å². The molecule has 7 heteroatoms. The minimum Gasteiger partial charge on any atom is -0.465 e. The number of hydrogen-bond donors (Lipinski definition) is 0. The molecule has 134 valence electrons. The lowest BCUT2D eigenvalue weighted by Crippen LogP contribution is -2.44. The fourth-order valence-electron chi connectivity index (χ4n) is 3.07. The van der Waals surface area contributed by atoms with Crippen LogP contribution in [0.5, 0.6) is 0 Å². The normalized spacial score (nSPS) is 15.8. The molecule has 0 bridgehead atoms. The van der Waals surface area contributed by atoms with Crippen molar-refractivity contribution in [3.8, 4) is 0 Å². The van der Waals surface area contributed by atoms with Crippen LogP contribution >= 0.6 is 0 Å². The van der Waals surface area contributed by atoms with E-state index >= 15 is 0 Å². The zero-order chi connectivity index (χ0) is 17.5. The molecule has 0 unspecified atom stereocenters. The van der Waals surface area contributed by atoms with Crippen molar-refractivity contribution >= 4 is 11.9 Å². The van der Waals surface area contributed by atoms with Crippen molar-refractivity contribution in [2.24, 2.45) is 0 Å². The number of likely N-dealkylation sites (tertiary alicyclic amines) is 1.